The lowest BCUT2D eigenvalue weighted by Gasteiger charge is -2.32. The van der Waals surface area contributed by atoms with Crippen LogP contribution in [0.25, 0.3) is 65.2 Å². The summed E-state index contributed by atoms with van der Waals surface area (Å²) in [7, 11) is 2.07. The first-order valence-electron chi connectivity index (χ1n) is 18.7. The van der Waals surface area contributed by atoms with Crippen molar-refractivity contribution in [1.82, 2.24) is 14.9 Å². The van der Waals surface area contributed by atoms with E-state index in [1.807, 2.05) is 36.4 Å². The van der Waals surface area contributed by atoms with Crippen LogP contribution in [0, 0.1) is 0 Å². The summed E-state index contributed by atoms with van der Waals surface area (Å²) in [6, 6.07) is 65.5. The van der Waals surface area contributed by atoms with Crippen molar-refractivity contribution in [2.24, 2.45) is 9.98 Å². The zero-order valence-electron chi connectivity index (χ0n) is 30.6. The van der Waals surface area contributed by atoms with Gasteiger partial charge in [-0.15, -0.1) is 11.3 Å². The Labute approximate surface area is 329 Å². The molecular formula is C50H35N5S. The second-order valence-corrected chi connectivity index (χ2v) is 15.0. The third kappa shape index (κ3) is 6.26. The highest BCUT2D eigenvalue weighted by Gasteiger charge is 2.27. The quantitative estimate of drug-likeness (QED) is 0.164. The molecule has 7 aromatic carbocycles. The molecule has 1 atom stereocenters. The van der Waals surface area contributed by atoms with Crippen LogP contribution in [0.4, 0.5) is 0 Å². The molecule has 5 nitrogen and oxygen atoms in total. The van der Waals surface area contributed by atoms with Gasteiger partial charge in [0.2, 0.25) is 0 Å². The van der Waals surface area contributed by atoms with Crippen LogP contribution >= 0.6 is 11.3 Å². The average molecular weight is 738 g/mol. The molecule has 0 aliphatic carbocycles. The minimum atomic E-state index is -0.215. The Morgan fingerprint density at radius 3 is 1.66 bits per heavy atom. The molecule has 0 N–H and O–H groups in total. The van der Waals surface area contributed by atoms with Gasteiger partial charge in [-0.3, -0.25) is 0 Å². The van der Waals surface area contributed by atoms with Crippen molar-refractivity contribution in [2.75, 3.05) is 7.05 Å². The van der Waals surface area contributed by atoms with Crippen LogP contribution in [-0.4, -0.2) is 33.6 Å². The van der Waals surface area contributed by atoms with Crippen LogP contribution < -0.4 is 0 Å². The first-order valence-corrected chi connectivity index (χ1v) is 19.5. The number of nitrogens with zero attached hydrogens (tertiary/aromatic N) is 5. The Bertz CT molecular complexity index is 2850. The molecule has 1 aliphatic rings. The van der Waals surface area contributed by atoms with Gasteiger partial charge in [0.1, 0.15) is 12.0 Å². The largest absolute Gasteiger partial charge is 0.333 e. The molecule has 0 spiro atoms. The van der Waals surface area contributed by atoms with Crippen molar-refractivity contribution in [2.45, 2.75) is 6.17 Å². The van der Waals surface area contributed by atoms with Crippen LogP contribution in [0.15, 0.2) is 198 Å². The average Bonchev–Trinajstić information content (AvgIpc) is 3.65. The third-order valence-corrected chi connectivity index (χ3v) is 11.5. The fraction of sp³-hybridized carbons (Fsp3) is 0.0400. The molecule has 6 heteroatoms. The first kappa shape index (κ1) is 33.5. The predicted octanol–water partition coefficient (Wildman–Crippen LogP) is 12.4. The highest BCUT2D eigenvalue weighted by Crippen LogP contribution is 2.42. The lowest BCUT2D eigenvalue weighted by molar-refractivity contribution is 0.383. The smallest absolute Gasteiger partial charge is 0.161 e. The van der Waals surface area contributed by atoms with E-state index in [1.54, 1.807) is 11.3 Å². The van der Waals surface area contributed by atoms with Gasteiger partial charge in [-0.2, -0.15) is 0 Å². The monoisotopic (exact) mass is 737 g/mol. The van der Waals surface area contributed by atoms with Crippen LogP contribution in [0.5, 0.6) is 0 Å². The van der Waals surface area contributed by atoms with Gasteiger partial charge in [0.05, 0.1) is 11.4 Å². The minimum Gasteiger partial charge on any atom is -0.333 e. The Kier molecular flexibility index (Phi) is 8.58. The van der Waals surface area contributed by atoms with E-state index in [-0.39, 0.29) is 6.17 Å². The van der Waals surface area contributed by atoms with Gasteiger partial charge >= 0.3 is 0 Å². The van der Waals surface area contributed by atoms with Crippen molar-refractivity contribution in [3.63, 3.8) is 0 Å². The summed E-state index contributed by atoms with van der Waals surface area (Å²) in [5.41, 5.74) is 10.1. The standard InChI is InChI=1S/C50H35N5S/c1-55-49(37-22-12-5-13-23-37)53-47(36-20-10-4-11-21-36)54-50(55)38-28-26-33(27-29-38)40-30-41-39-24-14-15-25-45(39)56-46(41)31-42(40)48-51-43(34-16-6-2-7-17-34)32-44(52-48)35-18-8-3-9-19-35/h2-32,49H,1H3. The lowest BCUT2D eigenvalue weighted by atomic mass is 9.95. The van der Waals surface area contributed by atoms with Crippen molar-refractivity contribution in [3.05, 3.63) is 205 Å². The van der Waals surface area contributed by atoms with E-state index in [2.05, 4.69) is 164 Å². The number of benzene rings is 7. The number of thiophene rings is 1. The molecule has 0 saturated heterocycles. The molecule has 0 bridgehead atoms. The van der Waals surface area contributed by atoms with Crippen LogP contribution in [0.3, 0.4) is 0 Å². The van der Waals surface area contributed by atoms with Gasteiger partial charge < -0.3 is 4.90 Å². The van der Waals surface area contributed by atoms with Gasteiger partial charge in [-0.05, 0) is 41.0 Å². The fourth-order valence-corrected chi connectivity index (χ4v) is 8.65. The molecule has 0 amide bonds. The zero-order valence-corrected chi connectivity index (χ0v) is 31.4. The summed E-state index contributed by atoms with van der Waals surface area (Å²) in [5, 5.41) is 2.47. The van der Waals surface area contributed by atoms with Gasteiger partial charge in [-0.1, -0.05) is 164 Å². The maximum Gasteiger partial charge on any atom is 0.161 e. The van der Waals surface area contributed by atoms with Gasteiger partial charge in [-0.25, -0.2) is 20.0 Å². The van der Waals surface area contributed by atoms with Crippen molar-refractivity contribution in [3.8, 4) is 45.0 Å². The van der Waals surface area contributed by atoms with Crippen molar-refractivity contribution >= 4 is 43.2 Å². The molecular weight excluding hydrogens is 703 g/mol. The van der Waals surface area contributed by atoms with Gasteiger partial charge in [0.25, 0.3) is 0 Å². The molecule has 56 heavy (non-hydrogen) atoms. The van der Waals surface area contributed by atoms with E-state index in [4.69, 9.17) is 20.0 Å². The highest BCUT2D eigenvalue weighted by molar-refractivity contribution is 7.25. The van der Waals surface area contributed by atoms with E-state index >= 15 is 0 Å². The number of fused-ring (bicyclic) bond motifs is 3. The molecule has 10 rings (SSSR count). The SMILES string of the molecule is CN1C(c2ccc(-c3cc4c(cc3-c3nc(-c5ccccc5)cc(-c5ccccc5)n3)sc3ccccc34)cc2)=NC(c2ccccc2)=NC1c1ccccc1. The lowest BCUT2D eigenvalue weighted by Crippen LogP contribution is -2.35. The number of hydrogen-bond acceptors (Lipinski definition) is 6. The molecule has 1 aliphatic heterocycles. The molecule has 0 radical (unpaired) electrons. The number of aliphatic imine (C=N–C) groups is 2. The maximum absolute atomic E-state index is 5.28. The summed E-state index contributed by atoms with van der Waals surface area (Å²) < 4.78 is 2.46. The van der Waals surface area contributed by atoms with E-state index in [1.165, 1.54) is 20.2 Å². The molecule has 1 unspecified atom stereocenters. The predicted molar refractivity (Wildman–Crippen MR) is 233 cm³/mol. The van der Waals surface area contributed by atoms with E-state index in [9.17, 15) is 0 Å². The normalized spacial score (nSPS) is 14.2. The molecule has 266 valence electrons. The second-order valence-electron chi connectivity index (χ2n) is 13.9. The van der Waals surface area contributed by atoms with E-state index in [0.717, 1.165) is 67.6 Å². The highest BCUT2D eigenvalue weighted by atomic mass is 32.1. The fourth-order valence-electron chi connectivity index (χ4n) is 7.52. The summed E-state index contributed by atoms with van der Waals surface area (Å²) in [6.07, 6.45) is -0.215. The number of hydrogen-bond donors (Lipinski definition) is 0. The van der Waals surface area contributed by atoms with E-state index in [0.29, 0.717) is 5.82 Å². The number of aromatic nitrogens is 2. The molecule has 3 heterocycles. The first-order chi connectivity index (χ1) is 27.7. The maximum atomic E-state index is 5.28. The molecule has 0 fully saturated rings. The van der Waals surface area contributed by atoms with Crippen LogP contribution in [0.1, 0.15) is 22.9 Å². The Hall–Kier alpha value is -7.02. The van der Waals surface area contributed by atoms with Gasteiger partial charge in [0.15, 0.2) is 11.7 Å². The molecule has 2 aromatic heterocycles. The molecule has 9 aromatic rings. The third-order valence-electron chi connectivity index (χ3n) is 10.4. The zero-order chi connectivity index (χ0) is 37.4. The van der Waals surface area contributed by atoms with Gasteiger partial charge in [0, 0.05) is 55.0 Å². The Morgan fingerprint density at radius 1 is 0.464 bits per heavy atom. The second kappa shape index (κ2) is 14.3. The van der Waals surface area contributed by atoms with Crippen LogP contribution in [-0.2, 0) is 0 Å². The topological polar surface area (TPSA) is 53.7 Å². The summed E-state index contributed by atoms with van der Waals surface area (Å²) in [6.45, 7) is 0. The minimum absolute atomic E-state index is 0.215. The van der Waals surface area contributed by atoms with Crippen molar-refractivity contribution < 1.29 is 0 Å². The molecule has 0 saturated carbocycles. The van der Waals surface area contributed by atoms with Crippen molar-refractivity contribution in [1.29, 1.82) is 0 Å². The Morgan fingerprint density at radius 2 is 1.02 bits per heavy atom. The van der Waals surface area contributed by atoms with E-state index < -0.39 is 0 Å². The summed E-state index contributed by atoms with van der Waals surface area (Å²) in [4.78, 5) is 23.0. The number of amidine groups is 2. The summed E-state index contributed by atoms with van der Waals surface area (Å²) in [5.74, 6) is 2.28. The Balaban J connectivity index is 1.13. The van der Waals surface area contributed by atoms with Crippen LogP contribution in [0.2, 0.25) is 0 Å². The summed E-state index contributed by atoms with van der Waals surface area (Å²) >= 11 is 1.81. The number of rotatable bonds is 7.